The Hall–Kier alpha value is -1.61. The van der Waals surface area contributed by atoms with E-state index in [-0.39, 0.29) is 5.82 Å². The average molecular weight is 260 g/mol. The zero-order valence-corrected chi connectivity index (χ0v) is 11.1. The van der Waals surface area contributed by atoms with Crippen LogP contribution >= 0.6 is 11.8 Å². The number of rotatable bonds is 3. The summed E-state index contributed by atoms with van der Waals surface area (Å²) in [7, 11) is 0. The summed E-state index contributed by atoms with van der Waals surface area (Å²) in [5, 5.41) is 0. The van der Waals surface area contributed by atoms with Crippen molar-refractivity contribution in [1.29, 1.82) is 0 Å². The molecule has 0 spiro atoms. The molecule has 1 nitrogen and oxygen atoms in total. The van der Waals surface area contributed by atoms with E-state index in [4.69, 9.17) is 0 Å². The SMILES string of the molecule is Cc1ccc(Sc2cc(F)cc(C=O)c2)cc1C. The van der Waals surface area contributed by atoms with E-state index in [9.17, 15) is 9.18 Å². The van der Waals surface area contributed by atoms with Crippen LogP contribution in [-0.2, 0) is 0 Å². The normalized spacial score (nSPS) is 10.4. The van der Waals surface area contributed by atoms with Gasteiger partial charge in [-0.1, -0.05) is 17.8 Å². The van der Waals surface area contributed by atoms with E-state index in [1.54, 1.807) is 6.07 Å². The maximum atomic E-state index is 13.3. The number of benzene rings is 2. The van der Waals surface area contributed by atoms with Crippen molar-refractivity contribution in [3.05, 3.63) is 58.9 Å². The Morgan fingerprint density at radius 1 is 1.00 bits per heavy atom. The molecule has 0 amide bonds. The summed E-state index contributed by atoms with van der Waals surface area (Å²) in [6.07, 6.45) is 0.660. The average Bonchev–Trinajstić information content (AvgIpc) is 2.33. The Morgan fingerprint density at radius 3 is 2.44 bits per heavy atom. The standard InChI is InChI=1S/C15H13FOS/c1-10-3-4-14(5-11(10)2)18-15-7-12(9-17)6-13(16)8-15/h3-9H,1-2H3. The lowest BCUT2D eigenvalue weighted by molar-refractivity contribution is 0.112. The van der Waals surface area contributed by atoms with Crippen LogP contribution in [0.1, 0.15) is 21.5 Å². The Kier molecular flexibility index (Phi) is 3.82. The quantitative estimate of drug-likeness (QED) is 0.760. The van der Waals surface area contributed by atoms with Crippen LogP contribution in [0.4, 0.5) is 4.39 Å². The highest BCUT2D eigenvalue weighted by atomic mass is 32.2. The first-order chi connectivity index (χ1) is 8.58. The molecule has 0 aliphatic heterocycles. The van der Waals surface area contributed by atoms with Gasteiger partial charge in [0.05, 0.1) is 0 Å². The largest absolute Gasteiger partial charge is 0.298 e. The maximum absolute atomic E-state index is 13.3. The molecule has 0 aliphatic rings. The minimum atomic E-state index is -0.383. The van der Waals surface area contributed by atoms with Gasteiger partial charge in [0.25, 0.3) is 0 Å². The summed E-state index contributed by atoms with van der Waals surface area (Å²) in [5.41, 5.74) is 2.79. The van der Waals surface area contributed by atoms with Gasteiger partial charge >= 0.3 is 0 Å². The van der Waals surface area contributed by atoms with E-state index in [0.29, 0.717) is 11.8 Å². The number of hydrogen-bond acceptors (Lipinski definition) is 2. The van der Waals surface area contributed by atoms with Gasteiger partial charge in [-0.05, 0) is 55.3 Å². The van der Waals surface area contributed by atoms with Gasteiger partial charge in [-0.2, -0.15) is 0 Å². The van der Waals surface area contributed by atoms with Gasteiger partial charge in [0.1, 0.15) is 12.1 Å². The van der Waals surface area contributed by atoms with E-state index < -0.39 is 0 Å². The fourth-order valence-electron chi connectivity index (χ4n) is 1.62. The van der Waals surface area contributed by atoms with E-state index in [1.807, 2.05) is 19.1 Å². The third-order valence-electron chi connectivity index (χ3n) is 2.74. The summed E-state index contributed by atoms with van der Waals surface area (Å²) in [5.74, 6) is -0.383. The van der Waals surface area contributed by atoms with Crippen molar-refractivity contribution in [2.24, 2.45) is 0 Å². The molecule has 0 radical (unpaired) electrons. The van der Waals surface area contributed by atoms with Gasteiger partial charge in [0.2, 0.25) is 0 Å². The van der Waals surface area contributed by atoms with Crippen molar-refractivity contribution in [3.8, 4) is 0 Å². The summed E-state index contributed by atoms with van der Waals surface area (Å²) >= 11 is 1.46. The lowest BCUT2D eigenvalue weighted by Crippen LogP contribution is -1.85. The monoisotopic (exact) mass is 260 g/mol. The molecule has 0 unspecified atom stereocenters. The number of carbonyl (C=O) groups excluding carboxylic acids is 1. The van der Waals surface area contributed by atoms with Crippen molar-refractivity contribution >= 4 is 18.0 Å². The molecule has 92 valence electrons. The second-order valence-electron chi connectivity index (χ2n) is 4.19. The Morgan fingerprint density at radius 2 is 1.78 bits per heavy atom. The zero-order chi connectivity index (χ0) is 13.1. The Bertz CT molecular complexity index is 593. The minimum absolute atomic E-state index is 0.362. The lowest BCUT2D eigenvalue weighted by Gasteiger charge is -2.06. The van der Waals surface area contributed by atoms with Gasteiger partial charge < -0.3 is 0 Å². The van der Waals surface area contributed by atoms with E-state index >= 15 is 0 Å². The van der Waals surface area contributed by atoms with Crippen LogP contribution in [0.25, 0.3) is 0 Å². The van der Waals surface area contributed by atoms with E-state index in [0.717, 1.165) is 9.79 Å². The maximum Gasteiger partial charge on any atom is 0.150 e. The van der Waals surface area contributed by atoms with Crippen LogP contribution in [0, 0.1) is 19.7 Å². The van der Waals surface area contributed by atoms with Crippen LogP contribution in [0.2, 0.25) is 0 Å². The summed E-state index contributed by atoms with van der Waals surface area (Å²) in [4.78, 5) is 12.5. The van der Waals surface area contributed by atoms with Crippen LogP contribution in [0.5, 0.6) is 0 Å². The van der Waals surface area contributed by atoms with Crippen LogP contribution in [-0.4, -0.2) is 6.29 Å². The van der Waals surface area contributed by atoms with Crippen molar-refractivity contribution in [3.63, 3.8) is 0 Å². The molecule has 18 heavy (non-hydrogen) atoms. The molecule has 0 saturated carbocycles. The van der Waals surface area contributed by atoms with E-state index in [1.165, 1.54) is 35.0 Å². The molecule has 0 saturated heterocycles. The number of halogens is 1. The first-order valence-corrected chi connectivity index (χ1v) is 6.41. The second kappa shape index (κ2) is 5.36. The lowest BCUT2D eigenvalue weighted by atomic mass is 10.1. The molecule has 2 rings (SSSR count). The highest BCUT2D eigenvalue weighted by Gasteiger charge is 2.03. The first-order valence-electron chi connectivity index (χ1n) is 5.59. The summed E-state index contributed by atoms with van der Waals surface area (Å²) in [6.45, 7) is 4.10. The van der Waals surface area contributed by atoms with Gasteiger partial charge in [-0.15, -0.1) is 0 Å². The van der Waals surface area contributed by atoms with Gasteiger partial charge in [-0.25, -0.2) is 4.39 Å². The Labute approximate surface area is 110 Å². The second-order valence-corrected chi connectivity index (χ2v) is 5.33. The molecule has 0 aliphatic carbocycles. The van der Waals surface area contributed by atoms with Crippen molar-refractivity contribution < 1.29 is 9.18 Å². The number of aldehydes is 1. The highest BCUT2D eigenvalue weighted by molar-refractivity contribution is 7.99. The first kappa shape index (κ1) is 12.8. The van der Waals surface area contributed by atoms with Crippen molar-refractivity contribution in [2.75, 3.05) is 0 Å². The van der Waals surface area contributed by atoms with Gasteiger partial charge in [0, 0.05) is 15.4 Å². The summed E-state index contributed by atoms with van der Waals surface area (Å²) < 4.78 is 13.3. The minimum Gasteiger partial charge on any atom is -0.298 e. The molecule has 3 heteroatoms. The summed E-state index contributed by atoms with van der Waals surface area (Å²) in [6, 6.07) is 10.5. The molecule has 0 N–H and O–H groups in total. The zero-order valence-electron chi connectivity index (χ0n) is 10.2. The predicted octanol–water partition coefficient (Wildman–Crippen LogP) is 4.41. The topological polar surface area (TPSA) is 17.1 Å². The highest BCUT2D eigenvalue weighted by Crippen LogP contribution is 2.30. The van der Waals surface area contributed by atoms with E-state index in [2.05, 4.69) is 13.0 Å². The smallest absolute Gasteiger partial charge is 0.150 e. The fraction of sp³-hybridized carbons (Fsp3) is 0.133. The molecular weight excluding hydrogens is 247 g/mol. The third kappa shape index (κ3) is 2.99. The van der Waals surface area contributed by atoms with Crippen LogP contribution in [0.15, 0.2) is 46.2 Å². The number of aryl methyl sites for hydroxylation is 2. The molecule has 0 bridgehead atoms. The van der Waals surface area contributed by atoms with Crippen molar-refractivity contribution in [1.82, 2.24) is 0 Å². The molecule has 0 atom stereocenters. The predicted molar refractivity (Wildman–Crippen MR) is 71.8 cm³/mol. The molecule has 2 aromatic carbocycles. The number of carbonyl (C=O) groups is 1. The number of hydrogen-bond donors (Lipinski definition) is 0. The molecule has 0 heterocycles. The van der Waals surface area contributed by atoms with Crippen LogP contribution < -0.4 is 0 Å². The Balaban J connectivity index is 2.30. The third-order valence-corrected chi connectivity index (χ3v) is 3.70. The molecule has 0 aromatic heterocycles. The fourth-order valence-corrected chi connectivity index (χ4v) is 2.64. The van der Waals surface area contributed by atoms with Crippen molar-refractivity contribution in [2.45, 2.75) is 23.6 Å². The van der Waals surface area contributed by atoms with Gasteiger partial charge in [-0.3, -0.25) is 4.79 Å². The van der Waals surface area contributed by atoms with Gasteiger partial charge in [0.15, 0.2) is 0 Å². The molecule has 0 fully saturated rings. The van der Waals surface area contributed by atoms with Crippen LogP contribution in [0.3, 0.4) is 0 Å². The molecule has 2 aromatic rings. The molecular formula is C15H13FOS.